The van der Waals surface area contributed by atoms with Gasteiger partial charge in [0.05, 0.1) is 0 Å². The van der Waals surface area contributed by atoms with Crippen molar-refractivity contribution in [3.8, 4) is 5.75 Å². The average molecular weight is 279 g/mol. The summed E-state index contributed by atoms with van der Waals surface area (Å²) >= 11 is 0. The molecule has 0 fully saturated rings. The molecule has 0 saturated carbocycles. The maximum Gasteiger partial charge on any atom is 0.303 e. The van der Waals surface area contributed by atoms with E-state index in [4.69, 9.17) is 9.84 Å². The van der Waals surface area contributed by atoms with E-state index in [1.165, 1.54) is 0 Å². The van der Waals surface area contributed by atoms with Crippen LogP contribution in [0.1, 0.15) is 30.9 Å². The molecule has 0 aliphatic heterocycles. The first-order valence-corrected chi connectivity index (χ1v) is 6.60. The van der Waals surface area contributed by atoms with Gasteiger partial charge in [0.25, 0.3) is 5.91 Å². The minimum Gasteiger partial charge on any atom is -0.483 e. The van der Waals surface area contributed by atoms with Gasteiger partial charge in [-0.15, -0.1) is 0 Å². The Morgan fingerprint density at radius 2 is 1.90 bits per heavy atom. The van der Waals surface area contributed by atoms with Crippen molar-refractivity contribution >= 4 is 11.9 Å². The van der Waals surface area contributed by atoms with E-state index in [1.807, 2.05) is 32.0 Å². The van der Waals surface area contributed by atoms with E-state index in [2.05, 4.69) is 5.32 Å². The van der Waals surface area contributed by atoms with Gasteiger partial charge in [-0.1, -0.05) is 18.2 Å². The van der Waals surface area contributed by atoms with Crippen LogP contribution in [0.3, 0.4) is 0 Å². The van der Waals surface area contributed by atoms with Crippen molar-refractivity contribution in [2.75, 3.05) is 6.61 Å². The molecule has 1 unspecified atom stereocenters. The van der Waals surface area contributed by atoms with Crippen LogP contribution in [0.5, 0.6) is 5.75 Å². The largest absolute Gasteiger partial charge is 0.483 e. The molecule has 1 rings (SSSR count). The summed E-state index contributed by atoms with van der Waals surface area (Å²) in [5.74, 6) is -0.385. The molecular weight excluding hydrogens is 258 g/mol. The Hall–Kier alpha value is -2.04. The quantitative estimate of drug-likeness (QED) is 0.801. The topological polar surface area (TPSA) is 75.6 Å². The molecule has 1 aromatic carbocycles. The predicted octanol–water partition coefficient (Wildman–Crippen LogP) is 2.05. The Bertz CT molecular complexity index is 465. The molecule has 20 heavy (non-hydrogen) atoms. The number of carbonyl (C=O) groups is 2. The van der Waals surface area contributed by atoms with Crippen molar-refractivity contribution in [3.63, 3.8) is 0 Å². The SMILES string of the molecule is Cc1cccc(C)c1OCC(=O)NC(C)CCC(=O)O. The summed E-state index contributed by atoms with van der Waals surface area (Å²) in [6.45, 7) is 5.56. The molecule has 1 aromatic rings. The number of hydrogen-bond acceptors (Lipinski definition) is 3. The third kappa shape index (κ3) is 5.30. The van der Waals surface area contributed by atoms with Crippen LogP contribution in [-0.2, 0) is 9.59 Å². The predicted molar refractivity (Wildman–Crippen MR) is 75.9 cm³/mol. The fourth-order valence-electron chi connectivity index (χ4n) is 1.89. The number of para-hydroxylation sites is 1. The summed E-state index contributed by atoms with van der Waals surface area (Å²) in [6.07, 6.45) is 0.448. The first-order chi connectivity index (χ1) is 9.40. The van der Waals surface area contributed by atoms with Gasteiger partial charge in [-0.25, -0.2) is 0 Å². The standard InChI is InChI=1S/C15H21NO4/c1-10-5-4-6-11(2)15(10)20-9-13(17)16-12(3)7-8-14(18)19/h4-6,12H,7-9H2,1-3H3,(H,16,17)(H,18,19). The summed E-state index contributed by atoms with van der Waals surface area (Å²) in [5, 5.41) is 11.3. The maximum atomic E-state index is 11.7. The van der Waals surface area contributed by atoms with Gasteiger partial charge in [-0.05, 0) is 38.3 Å². The van der Waals surface area contributed by atoms with Crippen LogP contribution in [0, 0.1) is 13.8 Å². The smallest absolute Gasteiger partial charge is 0.303 e. The number of carboxylic acid groups (broad SMARTS) is 1. The van der Waals surface area contributed by atoms with Crippen molar-refractivity contribution in [3.05, 3.63) is 29.3 Å². The number of carboxylic acids is 1. The Balaban J connectivity index is 2.42. The van der Waals surface area contributed by atoms with E-state index in [0.29, 0.717) is 6.42 Å². The van der Waals surface area contributed by atoms with Gasteiger partial charge in [0.1, 0.15) is 5.75 Å². The number of aryl methyl sites for hydroxylation is 2. The molecule has 0 bridgehead atoms. The third-order valence-electron chi connectivity index (χ3n) is 2.95. The molecule has 1 atom stereocenters. The van der Waals surface area contributed by atoms with Crippen LogP contribution in [-0.4, -0.2) is 29.6 Å². The summed E-state index contributed by atoms with van der Waals surface area (Å²) in [6, 6.07) is 5.61. The van der Waals surface area contributed by atoms with Crippen LogP contribution >= 0.6 is 0 Å². The summed E-state index contributed by atoms with van der Waals surface area (Å²) in [4.78, 5) is 22.1. The zero-order valence-electron chi connectivity index (χ0n) is 12.1. The molecule has 0 heterocycles. The van der Waals surface area contributed by atoms with E-state index < -0.39 is 5.97 Å². The molecule has 0 spiro atoms. The Morgan fingerprint density at radius 3 is 2.45 bits per heavy atom. The van der Waals surface area contributed by atoms with Crippen LogP contribution in [0.2, 0.25) is 0 Å². The lowest BCUT2D eigenvalue weighted by Gasteiger charge is -2.15. The molecule has 0 aliphatic carbocycles. The Labute approximate surface area is 118 Å². The summed E-state index contributed by atoms with van der Waals surface area (Å²) in [7, 11) is 0. The molecule has 2 N–H and O–H groups in total. The van der Waals surface area contributed by atoms with Gasteiger partial charge in [-0.2, -0.15) is 0 Å². The molecular formula is C15H21NO4. The van der Waals surface area contributed by atoms with Gasteiger partial charge in [0.15, 0.2) is 6.61 Å². The monoisotopic (exact) mass is 279 g/mol. The second-order valence-corrected chi connectivity index (χ2v) is 4.91. The van der Waals surface area contributed by atoms with Crippen LogP contribution in [0.25, 0.3) is 0 Å². The number of aliphatic carboxylic acids is 1. The van der Waals surface area contributed by atoms with E-state index in [-0.39, 0.29) is 25.0 Å². The molecule has 0 saturated heterocycles. The zero-order valence-corrected chi connectivity index (χ0v) is 12.1. The van der Waals surface area contributed by atoms with Crippen molar-refractivity contribution in [2.45, 2.75) is 39.7 Å². The molecule has 5 nitrogen and oxygen atoms in total. The van der Waals surface area contributed by atoms with Gasteiger partial charge < -0.3 is 15.2 Å². The van der Waals surface area contributed by atoms with Gasteiger partial charge in [0.2, 0.25) is 0 Å². The van der Waals surface area contributed by atoms with Crippen LogP contribution < -0.4 is 10.1 Å². The van der Waals surface area contributed by atoms with Crippen LogP contribution in [0.4, 0.5) is 0 Å². The first-order valence-electron chi connectivity index (χ1n) is 6.60. The zero-order chi connectivity index (χ0) is 15.1. The minimum atomic E-state index is -0.863. The van der Waals surface area contributed by atoms with Crippen LogP contribution in [0.15, 0.2) is 18.2 Å². The molecule has 1 amide bonds. The Morgan fingerprint density at radius 1 is 1.30 bits per heavy atom. The second-order valence-electron chi connectivity index (χ2n) is 4.91. The molecule has 0 radical (unpaired) electrons. The molecule has 0 aliphatic rings. The summed E-state index contributed by atoms with van der Waals surface area (Å²) in [5.41, 5.74) is 1.97. The van der Waals surface area contributed by atoms with Gasteiger partial charge in [0, 0.05) is 12.5 Å². The van der Waals surface area contributed by atoms with Crippen molar-refractivity contribution in [1.82, 2.24) is 5.32 Å². The van der Waals surface area contributed by atoms with Crippen molar-refractivity contribution in [2.24, 2.45) is 0 Å². The third-order valence-corrected chi connectivity index (χ3v) is 2.95. The highest BCUT2D eigenvalue weighted by atomic mass is 16.5. The van der Waals surface area contributed by atoms with Crippen molar-refractivity contribution < 1.29 is 19.4 Å². The lowest BCUT2D eigenvalue weighted by molar-refractivity contribution is -0.137. The fraction of sp³-hybridized carbons (Fsp3) is 0.467. The van der Waals surface area contributed by atoms with E-state index in [9.17, 15) is 9.59 Å². The second kappa shape index (κ2) is 7.53. The number of amides is 1. The Kier molecular flexibility index (Phi) is 6.03. The highest BCUT2D eigenvalue weighted by Gasteiger charge is 2.11. The van der Waals surface area contributed by atoms with E-state index >= 15 is 0 Å². The number of hydrogen-bond donors (Lipinski definition) is 2. The maximum absolute atomic E-state index is 11.7. The summed E-state index contributed by atoms with van der Waals surface area (Å²) < 4.78 is 5.53. The first kappa shape index (κ1) is 16.0. The van der Waals surface area contributed by atoms with Gasteiger partial charge >= 0.3 is 5.97 Å². The number of nitrogens with one attached hydrogen (secondary N) is 1. The number of ether oxygens (including phenoxy) is 1. The van der Waals surface area contributed by atoms with Gasteiger partial charge in [-0.3, -0.25) is 9.59 Å². The number of benzene rings is 1. The number of rotatable bonds is 7. The minimum absolute atomic E-state index is 0.0409. The normalized spacial score (nSPS) is 11.8. The number of carbonyl (C=O) groups excluding carboxylic acids is 1. The van der Waals surface area contributed by atoms with Crippen molar-refractivity contribution in [1.29, 1.82) is 0 Å². The van der Waals surface area contributed by atoms with E-state index in [1.54, 1.807) is 6.92 Å². The molecule has 110 valence electrons. The fourth-order valence-corrected chi connectivity index (χ4v) is 1.89. The average Bonchev–Trinajstić information content (AvgIpc) is 2.35. The lowest BCUT2D eigenvalue weighted by Crippen LogP contribution is -2.36. The lowest BCUT2D eigenvalue weighted by atomic mass is 10.1. The highest BCUT2D eigenvalue weighted by Crippen LogP contribution is 2.21. The molecule has 0 aromatic heterocycles. The van der Waals surface area contributed by atoms with E-state index in [0.717, 1.165) is 16.9 Å². The molecule has 5 heteroatoms. The highest BCUT2D eigenvalue weighted by molar-refractivity contribution is 5.78.